The van der Waals surface area contributed by atoms with Gasteiger partial charge in [0.05, 0.1) is 6.54 Å². The van der Waals surface area contributed by atoms with Crippen LogP contribution in [0.25, 0.3) is 11.1 Å². The maximum absolute atomic E-state index is 13.8. The number of aryl methyl sites for hydroxylation is 3. The minimum atomic E-state index is -4.64. The van der Waals surface area contributed by atoms with Gasteiger partial charge in [-0.15, -0.1) is 0 Å². The van der Waals surface area contributed by atoms with E-state index >= 15 is 0 Å². The summed E-state index contributed by atoms with van der Waals surface area (Å²) in [5.74, 6) is -0.101. The molecule has 0 atom stereocenters. The van der Waals surface area contributed by atoms with E-state index in [0.29, 0.717) is 17.5 Å². The predicted molar refractivity (Wildman–Crippen MR) is 138 cm³/mol. The number of hydrogen-bond acceptors (Lipinski definition) is 3. The molecule has 9 heteroatoms. The quantitative estimate of drug-likeness (QED) is 0.314. The summed E-state index contributed by atoms with van der Waals surface area (Å²) in [5.41, 5.74) is 2.50. The number of halogens is 3. The number of nitrogens with zero attached hydrogens (tertiary/aromatic N) is 4. The number of hydrogen-bond donors (Lipinski definition) is 1. The summed E-state index contributed by atoms with van der Waals surface area (Å²) in [5, 5.41) is 11.9. The lowest BCUT2D eigenvalue weighted by Gasteiger charge is -2.42. The van der Waals surface area contributed by atoms with E-state index in [9.17, 15) is 18.0 Å². The average Bonchev–Trinajstić information content (AvgIpc) is 3.38. The molecule has 1 N–H and O–H groups in total. The average molecular weight is 522 g/mol. The number of benzene rings is 2. The van der Waals surface area contributed by atoms with Crippen LogP contribution in [0.3, 0.4) is 0 Å². The first-order valence-corrected chi connectivity index (χ1v) is 12.6. The first-order chi connectivity index (χ1) is 17.9. The molecule has 0 amide bonds. The number of ketones is 1. The maximum Gasteiger partial charge on any atom is 0.435 e. The molecule has 5 rings (SSSR count). The molecule has 2 heterocycles. The smallest absolute Gasteiger partial charge is 0.321 e. The molecule has 0 radical (unpaired) electrons. The van der Waals surface area contributed by atoms with Crippen LogP contribution in [0, 0.1) is 12.3 Å². The minimum Gasteiger partial charge on any atom is -0.321 e. The van der Waals surface area contributed by atoms with Gasteiger partial charge >= 0.3 is 6.18 Å². The van der Waals surface area contributed by atoms with E-state index in [4.69, 9.17) is 5.41 Å². The second-order valence-corrected chi connectivity index (χ2v) is 10.4. The fourth-order valence-corrected chi connectivity index (χ4v) is 5.41. The van der Waals surface area contributed by atoms with Crippen molar-refractivity contribution in [1.29, 1.82) is 5.41 Å². The number of Topliss-reactive ketones (excluding diaryl/α,β-unsaturated/α-hetero) is 1. The van der Waals surface area contributed by atoms with Gasteiger partial charge in [0.1, 0.15) is 0 Å². The molecule has 0 saturated heterocycles. The Hall–Kier alpha value is -3.88. The van der Waals surface area contributed by atoms with Gasteiger partial charge in [-0.1, -0.05) is 36.2 Å². The molecule has 6 nitrogen and oxygen atoms in total. The van der Waals surface area contributed by atoms with Crippen molar-refractivity contribution in [2.24, 2.45) is 14.1 Å². The summed E-state index contributed by atoms with van der Waals surface area (Å²) in [7, 11) is 3.20. The molecule has 198 valence electrons. The summed E-state index contributed by atoms with van der Waals surface area (Å²) in [4.78, 5) is 13.8. The van der Waals surface area contributed by atoms with Gasteiger partial charge in [-0.05, 0) is 54.7 Å². The highest BCUT2D eigenvalue weighted by molar-refractivity contribution is 5.98. The van der Waals surface area contributed by atoms with E-state index in [1.54, 1.807) is 46.8 Å². The third-order valence-electron chi connectivity index (χ3n) is 7.59. The molecular formula is C29H30F3N5O. The standard InChI is InChI=1S/C29H30F3N5O/c1-19-6-4-7-23(12-19)28(8-5-9-28)16-25(38)22-14-20(17-37-11-10-35(2)27(37)33)13-21(15-22)24-18-36(3)34-26(24)29(30,31)32/h4,6-7,10-15,18,33H,5,8-9,16-17H2,1-3H3. The fraction of sp³-hybridized carbons (Fsp3) is 0.345. The molecule has 2 aromatic heterocycles. The Morgan fingerprint density at radius 1 is 1.11 bits per heavy atom. The summed E-state index contributed by atoms with van der Waals surface area (Å²) in [6.07, 6.45) is 3.30. The second-order valence-electron chi connectivity index (χ2n) is 10.4. The highest BCUT2D eigenvalue weighted by atomic mass is 19.4. The molecule has 4 aromatic rings. The van der Waals surface area contributed by atoms with Crippen molar-refractivity contribution in [3.8, 4) is 11.1 Å². The van der Waals surface area contributed by atoms with Gasteiger partial charge < -0.3 is 9.13 Å². The monoisotopic (exact) mass is 521 g/mol. The number of carbonyl (C=O) groups excluding carboxylic acids is 1. The van der Waals surface area contributed by atoms with Crippen LogP contribution in [-0.2, 0) is 32.2 Å². The zero-order valence-corrected chi connectivity index (χ0v) is 21.6. The van der Waals surface area contributed by atoms with E-state index in [2.05, 4.69) is 17.2 Å². The Labute approximate surface area is 218 Å². The van der Waals surface area contributed by atoms with Crippen molar-refractivity contribution in [1.82, 2.24) is 18.9 Å². The van der Waals surface area contributed by atoms with Crippen LogP contribution < -0.4 is 5.62 Å². The predicted octanol–water partition coefficient (Wildman–Crippen LogP) is 5.78. The molecule has 1 fully saturated rings. The van der Waals surface area contributed by atoms with Gasteiger partial charge in [-0.2, -0.15) is 18.3 Å². The number of alkyl halides is 3. The highest BCUT2D eigenvalue weighted by Crippen LogP contribution is 2.47. The van der Waals surface area contributed by atoms with E-state index < -0.39 is 11.9 Å². The third-order valence-corrected chi connectivity index (χ3v) is 7.59. The van der Waals surface area contributed by atoms with Crippen LogP contribution in [0.5, 0.6) is 0 Å². The molecule has 2 aromatic carbocycles. The Morgan fingerprint density at radius 2 is 1.87 bits per heavy atom. The summed E-state index contributed by atoms with van der Waals surface area (Å²) in [6.45, 7) is 2.28. The van der Waals surface area contributed by atoms with Crippen molar-refractivity contribution in [3.05, 3.63) is 94.6 Å². The van der Waals surface area contributed by atoms with E-state index in [-0.39, 0.29) is 34.5 Å². The lowest BCUT2D eigenvalue weighted by molar-refractivity contribution is -0.140. The normalized spacial score (nSPS) is 14.9. The number of nitrogens with one attached hydrogen (secondary N) is 1. The van der Waals surface area contributed by atoms with Gasteiger partial charge in [0.15, 0.2) is 11.5 Å². The molecule has 1 aliphatic rings. The van der Waals surface area contributed by atoms with Crippen molar-refractivity contribution in [3.63, 3.8) is 0 Å². The van der Waals surface area contributed by atoms with Crippen LogP contribution in [0.4, 0.5) is 13.2 Å². The van der Waals surface area contributed by atoms with Gasteiger partial charge in [-0.25, -0.2) is 0 Å². The van der Waals surface area contributed by atoms with E-state index in [1.807, 2.05) is 19.1 Å². The topological polar surface area (TPSA) is 68.6 Å². The van der Waals surface area contributed by atoms with Crippen LogP contribution in [-0.4, -0.2) is 24.7 Å². The number of imidazole rings is 1. The molecule has 38 heavy (non-hydrogen) atoms. The Morgan fingerprint density at radius 3 is 2.47 bits per heavy atom. The summed E-state index contributed by atoms with van der Waals surface area (Å²) in [6, 6.07) is 13.2. The highest BCUT2D eigenvalue weighted by Gasteiger charge is 2.41. The van der Waals surface area contributed by atoms with Crippen molar-refractivity contribution in [2.45, 2.75) is 50.7 Å². The fourth-order valence-electron chi connectivity index (χ4n) is 5.41. The molecule has 0 aliphatic heterocycles. The molecule has 0 bridgehead atoms. The molecule has 1 saturated carbocycles. The number of aromatic nitrogens is 4. The first kappa shape index (κ1) is 25.8. The van der Waals surface area contributed by atoms with Gasteiger partial charge in [0.2, 0.25) is 5.62 Å². The molecule has 1 aliphatic carbocycles. The van der Waals surface area contributed by atoms with Crippen LogP contribution >= 0.6 is 0 Å². The van der Waals surface area contributed by atoms with Gasteiger partial charge in [-0.3, -0.25) is 14.9 Å². The number of rotatable bonds is 7. The molecule has 0 unspecified atom stereocenters. The SMILES string of the molecule is Cc1cccc(C2(CC(=O)c3cc(Cn4ccn(C)c4=N)cc(-c4cn(C)nc4C(F)(F)F)c3)CCC2)c1. The second kappa shape index (κ2) is 9.45. The largest absolute Gasteiger partial charge is 0.435 e. The molecular weight excluding hydrogens is 491 g/mol. The van der Waals surface area contributed by atoms with E-state index in [1.165, 1.54) is 13.2 Å². The zero-order chi connectivity index (χ0) is 27.2. The lowest BCUT2D eigenvalue weighted by atomic mass is 9.61. The maximum atomic E-state index is 13.8. The van der Waals surface area contributed by atoms with Gasteiger partial charge in [0, 0.05) is 55.6 Å². The molecule has 0 spiro atoms. The Bertz CT molecular complexity index is 1570. The third kappa shape index (κ3) is 4.85. The Kier molecular flexibility index (Phi) is 6.41. The minimum absolute atomic E-state index is 0.0721. The van der Waals surface area contributed by atoms with Crippen molar-refractivity contribution >= 4 is 5.78 Å². The summed E-state index contributed by atoms with van der Waals surface area (Å²) >= 11 is 0. The van der Waals surface area contributed by atoms with E-state index in [0.717, 1.165) is 35.1 Å². The van der Waals surface area contributed by atoms with Crippen molar-refractivity contribution in [2.75, 3.05) is 0 Å². The Balaban J connectivity index is 1.58. The van der Waals surface area contributed by atoms with Crippen LogP contribution in [0.1, 0.15) is 58.4 Å². The summed E-state index contributed by atoms with van der Waals surface area (Å²) < 4.78 is 46.0. The zero-order valence-electron chi connectivity index (χ0n) is 21.6. The first-order valence-electron chi connectivity index (χ1n) is 12.6. The van der Waals surface area contributed by atoms with Crippen molar-refractivity contribution < 1.29 is 18.0 Å². The van der Waals surface area contributed by atoms with Crippen LogP contribution in [0.2, 0.25) is 0 Å². The number of carbonyl (C=O) groups is 1. The van der Waals surface area contributed by atoms with Crippen LogP contribution in [0.15, 0.2) is 61.1 Å². The van der Waals surface area contributed by atoms with Gasteiger partial charge in [0.25, 0.3) is 0 Å². The lowest BCUT2D eigenvalue weighted by Crippen LogP contribution is -2.36.